The number of carboxylic acids is 1. The second-order valence-electron chi connectivity index (χ2n) is 5.89. The van der Waals surface area contributed by atoms with Crippen molar-refractivity contribution in [3.05, 3.63) is 17.5 Å². The van der Waals surface area contributed by atoms with E-state index in [1.807, 2.05) is 25.5 Å². The summed E-state index contributed by atoms with van der Waals surface area (Å²) in [5.74, 6) is -1.02. The highest BCUT2D eigenvalue weighted by Gasteiger charge is 2.32. The molecule has 0 spiro atoms. The van der Waals surface area contributed by atoms with Crippen LogP contribution in [0, 0.1) is 0 Å². The van der Waals surface area contributed by atoms with Gasteiger partial charge in [0.25, 0.3) is 5.91 Å². The fourth-order valence-corrected chi connectivity index (χ4v) is 1.96. The van der Waals surface area contributed by atoms with Gasteiger partial charge in [-0.25, -0.2) is 0 Å². The summed E-state index contributed by atoms with van der Waals surface area (Å²) in [7, 11) is 0. The normalized spacial score (nSPS) is 15.3. The molecule has 1 heterocycles. The number of nitrogens with one attached hydrogen (secondary N) is 1. The third-order valence-corrected chi connectivity index (χ3v) is 3.00. The van der Waals surface area contributed by atoms with E-state index in [1.165, 1.54) is 0 Å². The summed E-state index contributed by atoms with van der Waals surface area (Å²) >= 11 is 0. The number of carboxylic acid groups (broad SMARTS) is 1. The Balaban J connectivity index is 2.22. The molecule has 0 radical (unpaired) electrons. The highest BCUT2D eigenvalue weighted by atomic mass is 16.4. The van der Waals surface area contributed by atoms with E-state index >= 15 is 0 Å². The number of carbonyl (C=O) groups is 2. The molecular weight excluding hydrogens is 246 g/mol. The first kappa shape index (κ1) is 13.6. The topological polar surface area (TPSA) is 84.2 Å². The lowest BCUT2D eigenvalue weighted by Crippen LogP contribution is -2.30. The summed E-state index contributed by atoms with van der Waals surface area (Å²) in [6.07, 6.45) is 2.25. The van der Waals surface area contributed by atoms with Crippen LogP contribution in [-0.4, -0.2) is 33.3 Å². The van der Waals surface area contributed by atoms with Crippen LogP contribution in [0.15, 0.2) is 6.07 Å². The molecule has 0 atom stereocenters. The first-order valence-corrected chi connectivity index (χ1v) is 6.39. The molecule has 1 aliphatic carbocycles. The number of hydrogen-bond donors (Lipinski definition) is 2. The summed E-state index contributed by atoms with van der Waals surface area (Å²) in [6.45, 7) is 5.71. The molecule has 1 aliphatic rings. The Morgan fingerprint density at radius 3 is 2.58 bits per heavy atom. The number of aliphatic carboxylic acids is 1. The van der Waals surface area contributed by atoms with Crippen molar-refractivity contribution in [1.29, 1.82) is 0 Å². The van der Waals surface area contributed by atoms with Gasteiger partial charge in [-0.3, -0.25) is 14.3 Å². The van der Waals surface area contributed by atoms with Crippen molar-refractivity contribution in [3.8, 4) is 0 Å². The summed E-state index contributed by atoms with van der Waals surface area (Å²) in [4.78, 5) is 22.3. The lowest BCUT2D eigenvalue weighted by Gasteiger charge is -2.22. The largest absolute Gasteiger partial charge is 0.480 e. The third kappa shape index (κ3) is 3.13. The molecule has 0 aromatic carbocycles. The van der Waals surface area contributed by atoms with E-state index < -0.39 is 11.9 Å². The maximum Gasteiger partial charge on any atom is 0.322 e. The van der Waals surface area contributed by atoms with Crippen LogP contribution in [0.2, 0.25) is 0 Å². The summed E-state index contributed by atoms with van der Waals surface area (Å²) in [5.41, 5.74) is 1.16. The molecule has 1 saturated carbocycles. The molecule has 0 unspecified atom stereocenters. The zero-order valence-electron chi connectivity index (χ0n) is 11.4. The minimum atomic E-state index is -1.06. The van der Waals surface area contributed by atoms with Gasteiger partial charge in [-0.1, -0.05) is 0 Å². The highest BCUT2D eigenvalue weighted by Crippen LogP contribution is 2.41. The fourth-order valence-electron chi connectivity index (χ4n) is 1.96. The first-order chi connectivity index (χ1) is 8.79. The Morgan fingerprint density at radius 2 is 2.11 bits per heavy atom. The molecular formula is C13H19N3O3. The maximum atomic E-state index is 11.8. The van der Waals surface area contributed by atoms with E-state index in [0.717, 1.165) is 18.5 Å². The van der Waals surface area contributed by atoms with Crippen LogP contribution in [0.4, 0.5) is 0 Å². The van der Waals surface area contributed by atoms with Gasteiger partial charge in [-0.05, 0) is 39.7 Å². The SMILES string of the molecule is CC(C)(C)n1nc(C(=O)NCC(=O)O)cc1C1CC1. The fraction of sp³-hybridized carbons (Fsp3) is 0.615. The molecule has 1 amide bonds. The number of amides is 1. The van der Waals surface area contributed by atoms with Gasteiger partial charge in [0, 0.05) is 11.6 Å². The average Bonchev–Trinajstić information content (AvgIpc) is 3.03. The van der Waals surface area contributed by atoms with Gasteiger partial charge in [0.2, 0.25) is 0 Å². The highest BCUT2D eigenvalue weighted by molar-refractivity contribution is 5.94. The monoisotopic (exact) mass is 265 g/mol. The summed E-state index contributed by atoms with van der Waals surface area (Å²) in [6, 6.07) is 1.78. The molecule has 19 heavy (non-hydrogen) atoms. The first-order valence-electron chi connectivity index (χ1n) is 6.39. The Hall–Kier alpha value is -1.85. The van der Waals surface area contributed by atoms with Crippen molar-refractivity contribution < 1.29 is 14.7 Å². The predicted molar refractivity (Wildman–Crippen MR) is 69.2 cm³/mol. The molecule has 1 aromatic heterocycles. The van der Waals surface area contributed by atoms with Gasteiger partial charge in [0.1, 0.15) is 12.2 Å². The van der Waals surface area contributed by atoms with Crippen molar-refractivity contribution in [2.24, 2.45) is 0 Å². The minimum absolute atomic E-state index is 0.191. The van der Waals surface area contributed by atoms with Gasteiger partial charge < -0.3 is 10.4 Å². The van der Waals surface area contributed by atoms with Crippen molar-refractivity contribution in [2.75, 3.05) is 6.54 Å². The van der Waals surface area contributed by atoms with Crippen LogP contribution in [0.3, 0.4) is 0 Å². The van der Waals surface area contributed by atoms with Crippen LogP contribution in [0.1, 0.15) is 55.7 Å². The van der Waals surface area contributed by atoms with Crippen LogP contribution < -0.4 is 5.32 Å². The average molecular weight is 265 g/mol. The van der Waals surface area contributed by atoms with E-state index in [1.54, 1.807) is 6.07 Å². The van der Waals surface area contributed by atoms with E-state index in [9.17, 15) is 9.59 Å². The van der Waals surface area contributed by atoms with Gasteiger partial charge in [0.15, 0.2) is 0 Å². The molecule has 6 nitrogen and oxygen atoms in total. The second kappa shape index (κ2) is 4.68. The number of carbonyl (C=O) groups excluding carboxylic acids is 1. The quantitative estimate of drug-likeness (QED) is 0.860. The Morgan fingerprint density at radius 1 is 1.47 bits per heavy atom. The number of aromatic nitrogens is 2. The third-order valence-electron chi connectivity index (χ3n) is 3.00. The Labute approximate surface area is 111 Å². The van der Waals surface area contributed by atoms with Crippen LogP contribution >= 0.6 is 0 Å². The smallest absolute Gasteiger partial charge is 0.322 e. The van der Waals surface area contributed by atoms with Crippen molar-refractivity contribution >= 4 is 11.9 Å². The lowest BCUT2D eigenvalue weighted by molar-refractivity contribution is -0.135. The molecule has 2 N–H and O–H groups in total. The predicted octanol–water partition coefficient (Wildman–Crippen LogP) is 1.33. The van der Waals surface area contributed by atoms with E-state index in [-0.39, 0.29) is 17.8 Å². The zero-order valence-corrected chi connectivity index (χ0v) is 11.4. The Kier molecular flexibility index (Phi) is 3.34. The van der Waals surface area contributed by atoms with Crippen LogP contribution in [-0.2, 0) is 10.3 Å². The standard InChI is InChI=1S/C13H19N3O3/c1-13(2,3)16-10(8-4-5-8)6-9(15-16)12(19)14-7-11(17)18/h6,8H,4-5,7H2,1-3H3,(H,14,19)(H,17,18). The molecule has 1 aromatic rings. The lowest BCUT2D eigenvalue weighted by atomic mass is 10.1. The van der Waals surface area contributed by atoms with E-state index in [4.69, 9.17) is 5.11 Å². The summed E-state index contributed by atoms with van der Waals surface area (Å²) in [5, 5.41) is 15.2. The van der Waals surface area contributed by atoms with Crippen LogP contribution in [0.25, 0.3) is 0 Å². The van der Waals surface area contributed by atoms with Crippen molar-refractivity contribution in [2.45, 2.75) is 45.1 Å². The van der Waals surface area contributed by atoms with Gasteiger partial charge in [-0.2, -0.15) is 5.10 Å². The van der Waals surface area contributed by atoms with Crippen molar-refractivity contribution in [1.82, 2.24) is 15.1 Å². The van der Waals surface area contributed by atoms with Gasteiger partial charge in [0.05, 0.1) is 5.54 Å². The van der Waals surface area contributed by atoms with Gasteiger partial charge in [-0.15, -0.1) is 0 Å². The zero-order chi connectivity index (χ0) is 14.2. The number of hydrogen-bond acceptors (Lipinski definition) is 3. The molecule has 2 rings (SSSR count). The second-order valence-corrected chi connectivity index (χ2v) is 5.89. The molecule has 0 saturated heterocycles. The van der Waals surface area contributed by atoms with Gasteiger partial charge >= 0.3 is 5.97 Å². The van der Waals surface area contributed by atoms with E-state index in [2.05, 4.69) is 10.4 Å². The molecule has 104 valence electrons. The minimum Gasteiger partial charge on any atom is -0.480 e. The van der Waals surface area contributed by atoms with E-state index in [0.29, 0.717) is 5.92 Å². The van der Waals surface area contributed by atoms with Crippen molar-refractivity contribution in [3.63, 3.8) is 0 Å². The number of rotatable bonds is 4. The van der Waals surface area contributed by atoms with Crippen LogP contribution in [0.5, 0.6) is 0 Å². The number of nitrogens with zero attached hydrogens (tertiary/aromatic N) is 2. The molecule has 6 heteroatoms. The molecule has 0 aliphatic heterocycles. The maximum absolute atomic E-state index is 11.8. The summed E-state index contributed by atoms with van der Waals surface area (Å²) < 4.78 is 1.88. The molecule has 0 bridgehead atoms. The molecule has 1 fully saturated rings. The Bertz CT molecular complexity index is 510.